The van der Waals surface area contributed by atoms with Gasteiger partial charge in [-0.1, -0.05) is 17.7 Å². The number of pyridine rings is 1. The quantitative estimate of drug-likeness (QED) is 0.941. The van der Waals surface area contributed by atoms with Crippen LogP contribution in [0.25, 0.3) is 0 Å². The molecule has 20 heavy (non-hydrogen) atoms. The van der Waals surface area contributed by atoms with E-state index in [1.807, 2.05) is 18.2 Å². The van der Waals surface area contributed by atoms with E-state index in [4.69, 9.17) is 11.6 Å². The third-order valence-electron chi connectivity index (χ3n) is 2.95. The molecule has 1 aromatic carbocycles. The van der Waals surface area contributed by atoms with Crippen LogP contribution < -0.4 is 5.32 Å². The van der Waals surface area contributed by atoms with Crippen LogP contribution in [0.3, 0.4) is 0 Å². The predicted octanol–water partition coefficient (Wildman–Crippen LogP) is 3.05. The van der Waals surface area contributed by atoms with E-state index in [9.17, 15) is 4.79 Å². The monoisotopic (exact) mass is 289 g/mol. The maximum Gasteiger partial charge on any atom is 0.256 e. The summed E-state index contributed by atoms with van der Waals surface area (Å²) in [6.45, 7) is 0.454. The molecule has 0 unspecified atom stereocenters. The lowest BCUT2D eigenvalue weighted by atomic mass is 10.1. The molecule has 1 aromatic heterocycles. The van der Waals surface area contributed by atoms with Crippen molar-refractivity contribution in [3.8, 4) is 0 Å². The molecule has 0 spiro atoms. The summed E-state index contributed by atoms with van der Waals surface area (Å²) >= 11 is 5.97. The van der Waals surface area contributed by atoms with E-state index in [1.165, 1.54) is 0 Å². The first-order valence-corrected chi connectivity index (χ1v) is 6.62. The molecule has 4 nitrogen and oxygen atoms in total. The molecule has 1 heterocycles. The molecule has 0 saturated carbocycles. The van der Waals surface area contributed by atoms with Crippen molar-refractivity contribution in [2.45, 2.75) is 6.54 Å². The number of carbonyl (C=O) groups excluding carboxylic acids is 1. The first-order chi connectivity index (χ1) is 9.61. The minimum absolute atomic E-state index is 0.0949. The highest BCUT2D eigenvalue weighted by Crippen LogP contribution is 2.22. The summed E-state index contributed by atoms with van der Waals surface area (Å²) in [6, 6.07) is 10.9. The Hall–Kier alpha value is -2.07. The van der Waals surface area contributed by atoms with Gasteiger partial charge in [0.15, 0.2) is 0 Å². The summed E-state index contributed by atoms with van der Waals surface area (Å²) in [5.74, 6) is -0.0949. The second kappa shape index (κ2) is 6.39. The Morgan fingerprint density at radius 3 is 2.80 bits per heavy atom. The number of nitrogens with one attached hydrogen (secondary N) is 1. The third-order valence-corrected chi connectivity index (χ3v) is 3.19. The minimum atomic E-state index is -0.0949. The number of anilines is 1. The zero-order valence-electron chi connectivity index (χ0n) is 11.4. The van der Waals surface area contributed by atoms with Gasteiger partial charge in [-0.15, -0.1) is 0 Å². The van der Waals surface area contributed by atoms with Crippen molar-refractivity contribution in [1.29, 1.82) is 0 Å². The molecule has 1 N–H and O–H groups in total. The van der Waals surface area contributed by atoms with E-state index < -0.39 is 0 Å². The number of halogens is 1. The topological polar surface area (TPSA) is 45.2 Å². The molecule has 0 radical (unpaired) electrons. The number of aromatic nitrogens is 1. The molecule has 0 aliphatic carbocycles. The lowest BCUT2D eigenvalue weighted by Gasteiger charge is -2.18. The first kappa shape index (κ1) is 14.3. The summed E-state index contributed by atoms with van der Waals surface area (Å²) in [7, 11) is 3.52. The van der Waals surface area contributed by atoms with Gasteiger partial charge in [0.25, 0.3) is 5.91 Å². The number of benzene rings is 1. The fourth-order valence-electron chi connectivity index (χ4n) is 1.92. The zero-order chi connectivity index (χ0) is 14.5. The van der Waals surface area contributed by atoms with E-state index in [2.05, 4.69) is 10.3 Å². The Kier molecular flexibility index (Phi) is 4.58. The summed E-state index contributed by atoms with van der Waals surface area (Å²) in [4.78, 5) is 18.3. The highest BCUT2D eigenvalue weighted by Gasteiger charge is 2.16. The minimum Gasteiger partial charge on any atom is -0.387 e. The van der Waals surface area contributed by atoms with Crippen LogP contribution in [0.2, 0.25) is 5.02 Å². The van der Waals surface area contributed by atoms with Crippen LogP contribution in [0, 0.1) is 0 Å². The van der Waals surface area contributed by atoms with E-state index in [0.29, 0.717) is 17.1 Å². The van der Waals surface area contributed by atoms with Gasteiger partial charge < -0.3 is 10.2 Å². The van der Waals surface area contributed by atoms with Crippen LogP contribution in [-0.2, 0) is 6.54 Å². The second-order valence-corrected chi connectivity index (χ2v) is 4.86. The van der Waals surface area contributed by atoms with Gasteiger partial charge in [0.05, 0.1) is 17.8 Å². The maximum absolute atomic E-state index is 12.5. The lowest BCUT2D eigenvalue weighted by Crippen LogP contribution is -2.27. The normalized spacial score (nSPS) is 10.2. The molecule has 0 atom stereocenters. The Balaban J connectivity index is 2.20. The van der Waals surface area contributed by atoms with Crippen molar-refractivity contribution < 1.29 is 4.79 Å². The largest absolute Gasteiger partial charge is 0.387 e. The number of nitrogens with zero attached hydrogens (tertiary/aromatic N) is 2. The Morgan fingerprint density at radius 1 is 1.35 bits per heavy atom. The molecule has 0 fully saturated rings. The van der Waals surface area contributed by atoms with Crippen molar-refractivity contribution in [2.24, 2.45) is 0 Å². The third kappa shape index (κ3) is 3.27. The summed E-state index contributed by atoms with van der Waals surface area (Å²) in [5, 5.41) is 3.54. The molecule has 2 rings (SSSR count). The van der Waals surface area contributed by atoms with E-state index in [-0.39, 0.29) is 5.91 Å². The highest BCUT2D eigenvalue weighted by atomic mass is 35.5. The Labute approximate surface area is 123 Å². The molecule has 1 amide bonds. The lowest BCUT2D eigenvalue weighted by molar-refractivity contribution is 0.0784. The standard InChI is InChI=1S/C15H16ClN3O/c1-17-14-7-6-11(16)9-13(14)15(20)19(2)10-12-5-3-4-8-18-12/h3-9,17H,10H2,1-2H3. The number of amides is 1. The maximum atomic E-state index is 12.5. The fourth-order valence-corrected chi connectivity index (χ4v) is 2.10. The molecule has 5 heteroatoms. The van der Waals surface area contributed by atoms with Crippen molar-refractivity contribution in [1.82, 2.24) is 9.88 Å². The van der Waals surface area contributed by atoms with Crippen LogP contribution in [0.15, 0.2) is 42.6 Å². The molecular formula is C15H16ClN3O. The van der Waals surface area contributed by atoms with Gasteiger partial charge in [-0.2, -0.15) is 0 Å². The van der Waals surface area contributed by atoms with Crippen LogP contribution >= 0.6 is 11.6 Å². The van der Waals surface area contributed by atoms with Gasteiger partial charge in [0.2, 0.25) is 0 Å². The molecular weight excluding hydrogens is 274 g/mol. The van der Waals surface area contributed by atoms with E-state index >= 15 is 0 Å². The molecule has 0 aliphatic heterocycles. The molecule has 0 bridgehead atoms. The van der Waals surface area contributed by atoms with Crippen LogP contribution in [0.5, 0.6) is 0 Å². The number of hydrogen-bond acceptors (Lipinski definition) is 3. The van der Waals surface area contributed by atoms with E-state index in [0.717, 1.165) is 11.4 Å². The molecule has 0 saturated heterocycles. The van der Waals surface area contributed by atoms with Crippen molar-refractivity contribution in [3.63, 3.8) is 0 Å². The van der Waals surface area contributed by atoms with Gasteiger partial charge in [0, 0.05) is 31.0 Å². The van der Waals surface area contributed by atoms with Gasteiger partial charge in [-0.05, 0) is 30.3 Å². The fraction of sp³-hybridized carbons (Fsp3) is 0.200. The van der Waals surface area contributed by atoms with Gasteiger partial charge in [-0.3, -0.25) is 9.78 Å². The van der Waals surface area contributed by atoms with Crippen LogP contribution in [0.4, 0.5) is 5.69 Å². The number of hydrogen-bond donors (Lipinski definition) is 1. The van der Waals surface area contributed by atoms with Gasteiger partial charge in [-0.25, -0.2) is 0 Å². The smallest absolute Gasteiger partial charge is 0.256 e. The molecule has 104 valence electrons. The molecule has 0 aliphatic rings. The van der Waals surface area contributed by atoms with Crippen molar-refractivity contribution in [2.75, 3.05) is 19.4 Å². The van der Waals surface area contributed by atoms with Crippen molar-refractivity contribution in [3.05, 3.63) is 58.9 Å². The van der Waals surface area contributed by atoms with Gasteiger partial charge >= 0.3 is 0 Å². The summed E-state index contributed by atoms with van der Waals surface area (Å²) < 4.78 is 0. The molecule has 2 aromatic rings. The SMILES string of the molecule is CNc1ccc(Cl)cc1C(=O)N(C)Cc1ccccn1. The summed E-state index contributed by atoms with van der Waals surface area (Å²) in [6.07, 6.45) is 1.71. The Morgan fingerprint density at radius 2 is 2.15 bits per heavy atom. The Bertz CT molecular complexity index is 601. The number of carbonyl (C=O) groups is 1. The number of rotatable bonds is 4. The average molecular weight is 290 g/mol. The van der Waals surface area contributed by atoms with Gasteiger partial charge in [0.1, 0.15) is 0 Å². The average Bonchev–Trinajstić information content (AvgIpc) is 2.47. The van der Waals surface area contributed by atoms with E-state index in [1.54, 1.807) is 43.4 Å². The van der Waals surface area contributed by atoms with Crippen LogP contribution in [-0.4, -0.2) is 29.9 Å². The predicted molar refractivity (Wildman–Crippen MR) is 81.0 cm³/mol. The first-order valence-electron chi connectivity index (χ1n) is 6.24. The second-order valence-electron chi connectivity index (χ2n) is 4.42. The summed E-state index contributed by atoms with van der Waals surface area (Å²) in [5.41, 5.74) is 2.15. The highest BCUT2D eigenvalue weighted by molar-refractivity contribution is 6.31. The van der Waals surface area contributed by atoms with Crippen molar-refractivity contribution >= 4 is 23.2 Å². The zero-order valence-corrected chi connectivity index (χ0v) is 12.2. The van der Waals surface area contributed by atoms with Crippen LogP contribution in [0.1, 0.15) is 16.1 Å².